The third kappa shape index (κ3) is 3.02. The van der Waals surface area contributed by atoms with Crippen molar-refractivity contribution < 1.29 is 19.0 Å². The molecular weight excluding hydrogens is 251 g/mol. The van der Waals surface area contributed by atoms with Gasteiger partial charge < -0.3 is 20.5 Å². The first-order chi connectivity index (χ1) is 9.01. The van der Waals surface area contributed by atoms with Crippen LogP contribution < -0.4 is 5.73 Å². The normalized spacial score (nSPS) is 23.4. The van der Waals surface area contributed by atoms with Crippen molar-refractivity contribution >= 4 is 5.91 Å². The molecule has 5 nitrogen and oxygen atoms in total. The average molecular weight is 268 g/mol. The molecule has 2 rings (SSSR count). The maximum absolute atomic E-state index is 13.7. The summed E-state index contributed by atoms with van der Waals surface area (Å²) < 4.78 is 19.2. The monoisotopic (exact) mass is 268 g/mol. The molecule has 3 N–H and O–H groups in total. The maximum atomic E-state index is 13.7. The molecule has 1 aromatic rings. The highest BCUT2D eigenvalue weighted by molar-refractivity contribution is 5.94. The SMILES string of the molecule is CC1CN(C(=O)c2ccc(O)cc2F)CC(CN)O1. The van der Waals surface area contributed by atoms with Crippen LogP contribution in [0.1, 0.15) is 17.3 Å². The number of hydrogen-bond donors (Lipinski definition) is 2. The second kappa shape index (κ2) is 5.54. The lowest BCUT2D eigenvalue weighted by molar-refractivity contribution is -0.0626. The van der Waals surface area contributed by atoms with Gasteiger partial charge in [-0.15, -0.1) is 0 Å². The third-order valence-electron chi connectivity index (χ3n) is 3.06. The summed E-state index contributed by atoms with van der Waals surface area (Å²) in [6.07, 6.45) is -0.362. The zero-order valence-electron chi connectivity index (χ0n) is 10.7. The van der Waals surface area contributed by atoms with Crippen molar-refractivity contribution in [2.75, 3.05) is 19.6 Å². The van der Waals surface area contributed by atoms with Gasteiger partial charge in [-0.1, -0.05) is 0 Å². The van der Waals surface area contributed by atoms with E-state index in [-0.39, 0.29) is 23.5 Å². The first kappa shape index (κ1) is 13.8. The van der Waals surface area contributed by atoms with Crippen LogP contribution >= 0.6 is 0 Å². The van der Waals surface area contributed by atoms with Crippen molar-refractivity contribution in [3.63, 3.8) is 0 Å². The number of aromatic hydroxyl groups is 1. The van der Waals surface area contributed by atoms with Gasteiger partial charge in [-0.25, -0.2) is 4.39 Å². The summed E-state index contributed by atoms with van der Waals surface area (Å²) >= 11 is 0. The molecule has 2 unspecified atom stereocenters. The molecule has 1 saturated heterocycles. The molecule has 1 heterocycles. The third-order valence-corrected chi connectivity index (χ3v) is 3.06. The maximum Gasteiger partial charge on any atom is 0.257 e. The van der Waals surface area contributed by atoms with Crippen LogP contribution in [0.15, 0.2) is 18.2 Å². The van der Waals surface area contributed by atoms with E-state index in [0.29, 0.717) is 19.6 Å². The van der Waals surface area contributed by atoms with Crippen LogP contribution in [0.3, 0.4) is 0 Å². The van der Waals surface area contributed by atoms with Gasteiger partial charge in [0.15, 0.2) is 0 Å². The average Bonchev–Trinajstić information content (AvgIpc) is 2.37. The van der Waals surface area contributed by atoms with Crippen LogP contribution in [0.4, 0.5) is 4.39 Å². The molecule has 104 valence electrons. The number of rotatable bonds is 2. The quantitative estimate of drug-likeness (QED) is 0.828. The van der Waals surface area contributed by atoms with Crippen molar-refractivity contribution in [1.29, 1.82) is 0 Å². The summed E-state index contributed by atoms with van der Waals surface area (Å²) in [7, 11) is 0. The van der Waals surface area contributed by atoms with Gasteiger partial charge in [-0.2, -0.15) is 0 Å². The number of nitrogens with two attached hydrogens (primary N) is 1. The zero-order chi connectivity index (χ0) is 14.0. The summed E-state index contributed by atoms with van der Waals surface area (Å²) in [6.45, 7) is 2.90. The van der Waals surface area contributed by atoms with E-state index in [4.69, 9.17) is 15.6 Å². The van der Waals surface area contributed by atoms with Crippen LogP contribution in [0.25, 0.3) is 0 Å². The molecule has 0 saturated carbocycles. The second-order valence-electron chi connectivity index (χ2n) is 4.68. The minimum absolute atomic E-state index is 0.0531. The van der Waals surface area contributed by atoms with Crippen molar-refractivity contribution in [2.45, 2.75) is 19.1 Å². The number of amides is 1. The number of ether oxygens (including phenoxy) is 1. The minimum Gasteiger partial charge on any atom is -0.508 e. The number of morpholine rings is 1. The number of benzene rings is 1. The van der Waals surface area contributed by atoms with Crippen LogP contribution in [0, 0.1) is 5.82 Å². The Balaban J connectivity index is 2.18. The molecule has 1 aliphatic rings. The highest BCUT2D eigenvalue weighted by Crippen LogP contribution is 2.19. The molecule has 1 aromatic carbocycles. The largest absolute Gasteiger partial charge is 0.508 e. The molecule has 19 heavy (non-hydrogen) atoms. The molecule has 6 heteroatoms. The second-order valence-corrected chi connectivity index (χ2v) is 4.68. The first-order valence-corrected chi connectivity index (χ1v) is 6.14. The molecule has 1 aliphatic heterocycles. The number of carbonyl (C=O) groups is 1. The topological polar surface area (TPSA) is 75.8 Å². The standard InChI is InChI=1S/C13H17FN2O3/c1-8-6-16(7-10(5-15)19-8)13(18)11-3-2-9(17)4-12(11)14/h2-4,8,10,17H,5-7,15H2,1H3. The van der Waals surface area contributed by atoms with E-state index < -0.39 is 11.7 Å². The van der Waals surface area contributed by atoms with Gasteiger partial charge in [-0.05, 0) is 19.1 Å². The Bertz CT molecular complexity index is 481. The van der Waals surface area contributed by atoms with E-state index in [1.807, 2.05) is 6.92 Å². The van der Waals surface area contributed by atoms with Gasteiger partial charge in [0.25, 0.3) is 5.91 Å². The lowest BCUT2D eigenvalue weighted by Crippen LogP contribution is -2.51. The van der Waals surface area contributed by atoms with E-state index >= 15 is 0 Å². The Morgan fingerprint density at radius 2 is 2.32 bits per heavy atom. The molecule has 1 amide bonds. The molecule has 0 aromatic heterocycles. The van der Waals surface area contributed by atoms with Crippen molar-refractivity contribution in [3.05, 3.63) is 29.6 Å². The number of phenolic OH excluding ortho intramolecular Hbond substituents is 1. The summed E-state index contributed by atoms with van der Waals surface area (Å²) in [5.41, 5.74) is 5.49. The summed E-state index contributed by atoms with van der Waals surface area (Å²) in [5.74, 6) is -1.34. The number of phenols is 1. The lowest BCUT2D eigenvalue weighted by atomic mass is 10.1. The van der Waals surface area contributed by atoms with Crippen molar-refractivity contribution in [3.8, 4) is 5.75 Å². The summed E-state index contributed by atoms with van der Waals surface area (Å²) in [6, 6.07) is 3.50. The fourth-order valence-corrected chi connectivity index (χ4v) is 2.19. The van der Waals surface area contributed by atoms with Crippen molar-refractivity contribution in [2.24, 2.45) is 5.73 Å². The van der Waals surface area contributed by atoms with E-state index in [9.17, 15) is 9.18 Å². The van der Waals surface area contributed by atoms with Gasteiger partial charge in [0.1, 0.15) is 11.6 Å². The van der Waals surface area contributed by atoms with Crippen LogP contribution in [-0.4, -0.2) is 47.8 Å². The molecule has 2 atom stereocenters. The van der Waals surface area contributed by atoms with E-state index in [1.54, 1.807) is 0 Å². The highest BCUT2D eigenvalue weighted by atomic mass is 19.1. The van der Waals surface area contributed by atoms with Gasteiger partial charge in [0, 0.05) is 25.7 Å². The number of hydrogen-bond acceptors (Lipinski definition) is 4. The fourth-order valence-electron chi connectivity index (χ4n) is 2.19. The molecule has 0 aliphatic carbocycles. The lowest BCUT2D eigenvalue weighted by Gasteiger charge is -2.36. The highest BCUT2D eigenvalue weighted by Gasteiger charge is 2.29. The van der Waals surface area contributed by atoms with Gasteiger partial charge in [0.2, 0.25) is 0 Å². The van der Waals surface area contributed by atoms with Crippen LogP contribution in [0.2, 0.25) is 0 Å². The van der Waals surface area contributed by atoms with Crippen LogP contribution in [0.5, 0.6) is 5.75 Å². The van der Waals surface area contributed by atoms with Crippen LogP contribution in [-0.2, 0) is 4.74 Å². The molecule has 0 spiro atoms. The zero-order valence-corrected chi connectivity index (χ0v) is 10.7. The summed E-state index contributed by atoms with van der Waals surface area (Å²) in [5, 5.41) is 9.15. The summed E-state index contributed by atoms with van der Waals surface area (Å²) in [4.78, 5) is 13.8. The predicted octanol–water partition coefficient (Wildman–Crippen LogP) is 0.720. The number of nitrogens with zero attached hydrogens (tertiary/aromatic N) is 1. The number of carbonyl (C=O) groups excluding carboxylic acids is 1. The Morgan fingerprint density at radius 1 is 1.58 bits per heavy atom. The Hall–Kier alpha value is -1.66. The first-order valence-electron chi connectivity index (χ1n) is 6.14. The Labute approximate surface area is 110 Å². The molecular formula is C13H17FN2O3. The fraction of sp³-hybridized carbons (Fsp3) is 0.462. The Morgan fingerprint density at radius 3 is 2.95 bits per heavy atom. The van der Waals surface area contributed by atoms with Gasteiger partial charge in [-0.3, -0.25) is 4.79 Å². The Kier molecular flexibility index (Phi) is 4.01. The van der Waals surface area contributed by atoms with Crippen molar-refractivity contribution in [1.82, 2.24) is 4.90 Å². The molecule has 0 bridgehead atoms. The van der Waals surface area contributed by atoms with Gasteiger partial charge in [0.05, 0.1) is 17.8 Å². The predicted molar refractivity (Wildman–Crippen MR) is 67.4 cm³/mol. The van der Waals surface area contributed by atoms with E-state index in [0.717, 1.165) is 6.07 Å². The smallest absolute Gasteiger partial charge is 0.257 e. The number of halogens is 1. The molecule has 0 radical (unpaired) electrons. The minimum atomic E-state index is -0.728. The van der Waals surface area contributed by atoms with E-state index in [2.05, 4.69) is 0 Å². The van der Waals surface area contributed by atoms with E-state index in [1.165, 1.54) is 17.0 Å². The molecule has 1 fully saturated rings. The van der Waals surface area contributed by atoms with Gasteiger partial charge >= 0.3 is 0 Å².